The molecule has 0 unspecified atom stereocenters. The van der Waals surface area contributed by atoms with Crippen molar-refractivity contribution in [1.82, 2.24) is 0 Å². The first-order chi connectivity index (χ1) is 30.7. The van der Waals surface area contributed by atoms with Crippen molar-refractivity contribution >= 4 is 121 Å². The monoisotopic (exact) mass is 792 g/mol. The molecule has 62 heavy (non-hydrogen) atoms. The highest BCUT2D eigenvalue weighted by Crippen LogP contribution is 2.50. The van der Waals surface area contributed by atoms with Gasteiger partial charge < -0.3 is 18.6 Å². The van der Waals surface area contributed by atoms with Crippen LogP contribution in [0, 0.1) is 0 Å². The maximum atomic E-state index is 6.97. The summed E-state index contributed by atoms with van der Waals surface area (Å²) >= 11 is 0. The molecule has 0 aliphatic heterocycles. The van der Waals surface area contributed by atoms with Gasteiger partial charge in [-0.15, -0.1) is 0 Å². The molecule has 0 bridgehead atoms. The molecule has 0 saturated heterocycles. The Morgan fingerprint density at radius 2 is 0.613 bits per heavy atom. The molecule has 0 spiro atoms. The van der Waals surface area contributed by atoms with Gasteiger partial charge in [-0.25, -0.2) is 0 Å². The van der Waals surface area contributed by atoms with Crippen LogP contribution in [0.2, 0.25) is 0 Å². The average molecular weight is 793 g/mol. The number of furan rings is 2. The van der Waals surface area contributed by atoms with Gasteiger partial charge in [0.25, 0.3) is 0 Å². The number of hydrogen-bond donors (Lipinski definition) is 0. The molecule has 0 aliphatic rings. The van der Waals surface area contributed by atoms with E-state index in [0.29, 0.717) is 0 Å². The van der Waals surface area contributed by atoms with Crippen molar-refractivity contribution in [2.45, 2.75) is 0 Å². The third-order valence-electron chi connectivity index (χ3n) is 12.5. The van der Waals surface area contributed by atoms with Crippen molar-refractivity contribution in [2.24, 2.45) is 0 Å². The van der Waals surface area contributed by atoms with Crippen LogP contribution in [-0.4, -0.2) is 0 Å². The van der Waals surface area contributed by atoms with Gasteiger partial charge in [0, 0.05) is 67.2 Å². The molecule has 0 fully saturated rings. The summed E-state index contributed by atoms with van der Waals surface area (Å²) in [7, 11) is 0. The smallest absolute Gasteiger partial charge is 0.138 e. The number of nitrogens with zero attached hydrogens (tertiary/aromatic N) is 2. The van der Waals surface area contributed by atoms with E-state index in [-0.39, 0.29) is 0 Å². The molecule has 13 rings (SSSR count). The number of anilines is 6. The second kappa shape index (κ2) is 13.6. The summed E-state index contributed by atoms with van der Waals surface area (Å²) in [4.78, 5) is 4.71. The number of benzene rings is 11. The molecule has 0 radical (unpaired) electrons. The van der Waals surface area contributed by atoms with Crippen molar-refractivity contribution in [2.75, 3.05) is 9.80 Å². The highest BCUT2D eigenvalue weighted by Gasteiger charge is 2.25. The first-order valence-corrected chi connectivity index (χ1v) is 21.1. The Morgan fingerprint density at radius 1 is 0.242 bits per heavy atom. The molecule has 13 aromatic rings. The maximum Gasteiger partial charge on any atom is 0.138 e. The predicted octanol–water partition coefficient (Wildman–Crippen LogP) is 17.0. The second-order valence-corrected chi connectivity index (χ2v) is 16.0. The van der Waals surface area contributed by atoms with Gasteiger partial charge in [-0.3, -0.25) is 0 Å². The summed E-state index contributed by atoms with van der Waals surface area (Å²) in [5.74, 6) is 0. The van der Waals surface area contributed by atoms with Crippen molar-refractivity contribution in [3.05, 3.63) is 218 Å². The second-order valence-electron chi connectivity index (χ2n) is 16.0. The molecule has 0 N–H and O–H groups in total. The van der Waals surface area contributed by atoms with Gasteiger partial charge in [-0.1, -0.05) is 146 Å². The molecule has 2 heterocycles. The van der Waals surface area contributed by atoms with Gasteiger partial charge in [-0.2, -0.15) is 0 Å². The van der Waals surface area contributed by atoms with Crippen LogP contribution in [0.4, 0.5) is 34.1 Å². The van der Waals surface area contributed by atoms with Crippen LogP contribution in [0.25, 0.3) is 87.0 Å². The Hall–Kier alpha value is -8.34. The third-order valence-corrected chi connectivity index (χ3v) is 12.5. The summed E-state index contributed by atoms with van der Waals surface area (Å²) in [5.41, 5.74) is 9.69. The fraction of sp³-hybridized carbons (Fsp3) is 0. The lowest BCUT2D eigenvalue weighted by atomic mass is 9.96. The van der Waals surface area contributed by atoms with Crippen molar-refractivity contribution in [3.63, 3.8) is 0 Å². The fourth-order valence-corrected chi connectivity index (χ4v) is 9.82. The van der Waals surface area contributed by atoms with E-state index < -0.39 is 0 Å². The minimum atomic E-state index is 0.824. The first-order valence-electron chi connectivity index (χ1n) is 21.1. The van der Waals surface area contributed by atoms with E-state index in [2.05, 4.69) is 228 Å². The Bertz CT molecular complexity index is 3630. The fourth-order valence-electron chi connectivity index (χ4n) is 9.82. The molecule has 0 amide bonds. The van der Waals surface area contributed by atoms with Gasteiger partial charge in [0.15, 0.2) is 0 Å². The topological polar surface area (TPSA) is 32.8 Å². The molecular formula is C58H36N2O2. The largest absolute Gasteiger partial charge is 0.456 e. The predicted molar refractivity (Wildman–Crippen MR) is 260 cm³/mol. The minimum Gasteiger partial charge on any atom is -0.456 e. The first kappa shape index (κ1) is 34.5. The zero-order valence-electron chi connectivity index (χ0n) is 33.5. The number of para-hydroxylation sites is 2. The van der Waals surface area contributed by atoms with E-state index >= 15 is 0 Å². The van der Waals surface area contributed by atoms with Gasteiger partial charge >= 0.3 is 0 Å². The molecule has 11 aromatic carbocycles. The summed E-state index contributed by atoms with van der Waals surface area (Å²) in [6, 6.07) is 77.8. The number of fused-ring (bicyclic) bond motifs is 13. The summed E-state index contributed by atoms with van der Waals surface area (Å²) in [5, 5.41) is 13.6. The quantitative estimate of drug-likeness (QED) is 0.168. The highest BCUT2D eigenvalue weighted by atomic mass is 16.3. The van der Waals surface area contributed by atoms with Crippen LogP contribution >= 0.6 is 0 Å². The molecule has 0 saturated carbocycles. The van der Waals surface area contributed by atoms with E-state index in [1.54, 1.807) is 0 Å². The van der Waals surface area contributed by atoms with E-state index in [9.17, 15) is 0 Å². The summed E-state index contributed by atoms with van der Waals surface area (Å²) < 4.78 is 13.9. The SMILES string of the molecule is c1ccc(N(c2ccc3ccccc3c2)c2cc3oc4ccc5oc6cc(N(c7ccccc7)c7ccc8ccccc8c7)c7ccccc7c6c5c4c3c3ccccc23)cc1. The van der Waals surface area contributed by atoms with Crippen LogP contribution in [0.3, 0.4) is 0 Å². The molecule has 0 aliphatic carbocycles. The Labute approximate surface area is 356 Å². The molecule has 0 atom stereocenters. The van der Waals surface area contributed by atoms with Crippen molar-refractivity contribution < 1.29 is 8.83 Å². The van der Waals surface area contributed by atoms with E-state index in [1.165, 1.54) is 21.5 Å². The molecule has 4 nitrogen and oxygen atoms in total. The van der Waals surface area contributed by atoms with Gasteiger partial charge in [0.1, 0.15) is 22.3 Å². The lowest BCUT2D eigenvalue weighted by molar-refractivity contribution is 0.663. The summed E-state index contributed by atoms with van der Waals surface area (Å²) in [6.45, 7) is 0. The van der Waals surface area contributed by atoms with Gasteiger partial charge in [0.2, 0.25) is 0 Å². The Balaban J connectivity index is 1.09. The van der Waals surface area contributed by atoms with E-state index in [1.807, 2.05) is 0 Å². The average Bonchev–Trinajstić information content (AvgIpc) is 3.91. The van der Waals surface area contributed by atoms with Gasteiger partial charge in [-0.05, 0) is 93.0 Å². The number of hydrogen-bond acceptors (Lipinski definition) is 4. The lowest BCUT2D eigenvalue weighted by Gasteiger charge is -2.27. The van der Waals surface area contributed by atoms with Crippen LogP contribution in [0.5, 0.6) is 0 Å². The maximum absolute atomic E-state index is 6.97. The highest BCUT2D eigenvalue weighted by molar-refractivity contribution is 6.35. The van der Waals surface area contributed by atoms with E-state index in [0.717, 1.165) is 99.5 Å². The van der Waals surface area contributed by atoms with Crippen LogP contribution in [-0.2, 0) is 0 Å². The summed E-state index contributed by atoms with van der Waals surface area (Å²) in [6.07, 6.45) is 0. The van der Waals surface area contributed by atoms with Crippen molar-refractivity contribution in [3.8, 4) is 0 Å². The zero-order valence-corrected chi connectivity index (χ0v) is 33.5. The standard InChI is InChI=1S/C58H36N2O2/c1-3-19-41(20-4-1)59(43-29-27-37-15-7-9-17-39(37)33-43)49-35-53-55(47-25-13-11-23-45(47)49)57-51(61-53)31-32-52-58(57)56-48-26-14-12-24-46(48)50(36-54(56)62-52)60(42-21-5-2-6-22-42)44-30-28-38-16-8-10-18-40(38)34-44/h1-36H. The molecular weight excluding hydrogens is 757 g/mol. The van der Waals surface area contributed by atoms with Crippen molar-refractivity contribution in [1.29, 1.82) is 0 Å². The molecule has 4 heteroatoms. The number of rotatable bonds is 6. The van der Waals surface area contributed by atoms with Crippen LogP contribution < -0.4 is 9.80 Å². The van der Waals surface area contributed by atoms with Crippen LogP contribution in [0.15, 0.2) is 227 Å². The Morgan fingerprint density at radius 3 is 1.05 bits per heavy atom. The normalized spacial score (nSPS) is 11.9. The lowest BCUT2D eigenvalue weighted by Crippen LogP contribution is -2.10. The minimum absolute atomic E-state index is 0.824. The third kappa shape index (κ3) is 5.27. The molecule has 2 aromatic heterocycles. The zero-order chi connectivity index (χ0) is 40.7. The Kier molecular flexibility index (Phi) is 7.57. The van der Waals surface area contributed by atoms with E-state index in [4.69, 9.17) is 8.83 Å². The van der Waals surface area contributed by atoms with Gasteiger partial charge in [0.05, 0.1) is 11.4 Å². The molecule has 290 valence electrons. The van der Waals surface area contributed by atoms with Crippen LogP contribution in [0.1, 0.15) is 0 Å².